The molecule has 2 aromatic rings. The highest BCUT2D eigenvalue weighted by Crippen LogP contribution is 2.31. The average Bonchev–Trinajstić information content (AvgIpc) is 3.01. The molecule has 1 fully saturated rings. The molecule has 1 aromatic carbocycles. The number of fused-ring (bicyclic) bond motifs is 1. The summed E-state index contributed by atoms with van der Waals surface area (Å²) < 4.78 is 0. The first-order chi connectivity index (χ1) is 9.88. The fourth-order valence-electron chi connectivity index (χ4n) is 3.09. The van der Waals surface area contributed by atoms with Crippen LogP contribution in [0.2, 0.25) is 0 Å². The molecule has 106 valence electrons. The number of hydrogen-bond donors (Lipinski definition) is 1. The Morgan fingerprint density at radius 2 is 2.25 bits per heavy atom. The number of nitrogens with zero attached hydrogens (tertiary/aromatic N) is 1. The lowest BCUT2D eigenvalue weighted by molar-refractivity contribution is 0.496. The van der Waals surface area contributed by atoms with Crippen molar-refractivity contribution < 1.29 is 0 Å². The van der Waals surface area contributed by atoms with Crippen LogP contribution in [-0.4, -0.2) is 28.6 Å². The molecule has 3 rings (SSSR count). The molecule has 2 unspecified atom stereocenters. The van der Waals surface area contributed by atoms with E-state index in [9.17, 15) is 0 Å². The van der Waals surface area contributed by atoms with Crippen molar-refractivity contribution in [3.63, 3.8) is 0 Å². The first-order valence-corrected chi connectivity index (χ1v) is 8.61. The minimum absolute atomic E-state index is 0.582. The highest BCUT2D eigenvalue weighted by Gasteiger charge is 2.25. The van der Waals surface area contributed by atoms with Crippen LogP contribution in [0.15, 0.2) is 36.5 Å². The zero-order valence-corrected chi connectivity index (χ0v) is 12.8. The van der Waals surface area contributed by atoms with Crippen LogP contribution in [0.3, 0.4) is 0 Å². The molecule has 1 aliphatic rings. The molecule has 3 heteroatoms. The van der Waals surface area contributed by atoms with E-state index in [0.717, 1.165) is 23.7 Å². The Balaban J connectivity index is 1.86. The van der Waals surface area contributed by atoms with Crippen molar-refractivity contribution in [2.24, 2.45) is 0 Å². The summed E-state index contributed by atoms with van der Waals surface area (Å²) in [5.41, 5.74) is 2.54. The van der Waals surface area contributed by atoms with E-state index in [1.165, 1.54) is 29.5 Å². The Kier molecular flexibility index (Phi) is 4.58. The Labute approximate surface area is 125 Å². The number of para-hydroxylation sites is 1. The number of benzene rings is 1. The summed E-state index contributed by atoms with van der Waals surface area (Å²) >= 11 is 2.14. The van der Waals surface area contributed by atoms with Gasteiger partial charge in [0.2, 0.25) is 0 Å². The molecule has 0 bridgehead atoms. The highest BCUT2D eigenvalue weighted by atomic mass is 32.2. The summed E-state index contributed by atoms with van der Waals surface area (Å²) in [6, 6.07) is 11.2. The van der Waals surface area contributed by atoms with Crippen LogP contribution in [0.5, 0.6) is 0 Å². The Bertz CT molecular complexity index is 558. The van der Waals surface area contributed by atoms with Gasteiger partial charge in [0, 0.05) is 22.9 Å². The smallest absolute Gasteiger partial charge is 0.0704 e. The van der Waals surface area contributed by atoms with Crippen molar-refractivity contribution in [1.29, 1.82) is 0 Å². The second-order valence-corrected chi connectivity index (χ2v) is 6.75. The molecule has 2 heterocycles. The highest BCUT2D eigenvalue weighted by molar-refractivity contribution is 8.00. The normalized spacial score (nSPS) is 20.4. The Hall–Kier alpha value is -1.06. The monoisotopic (exact) mass is 286 g/mol. The maximum Gasteiger partial charge on any atom is 0.0704 e. The summed E-state index contributed by atoms with van der Waals surface area (Å²) in [6.45, 7) is 3.25. The average molecular weight is 286 g/mol. The minimum Gasteiger partial charge on any atom is -0.313 e. The maximum absolute atomic E-state index is 4.47. The van der Waals surface area contributed by atoms with Crippen LogP contribution in [0.25, 0.3) is 10.9 Å². The van der Waals surface area contributed by atoms with Crippen molar-refractivity contribution in [2.45, 2.75) is 37.5 Å². The molecule has 2 nitrogen and oxygen atoms in total. The van der Waals surface area contributed by atoms with Gasteiger partial charge in [-0.15, -0.1) is 0 Å². The van der Waals surface area contributed by atoms with Gasteiger partial charge in [0.15, 0.2) is 0 Å². The molecule has 20 heavy (non-hydrogen) atoms. The topological polar surface area (TPSA) is 24.9 Å². The standard InChI is InChI=1S/C17H22N2S/c1-2-18-16(17-8-5-11-20-17)12-13-9-10-19-15-7-4-3-6-14(13)15/h3-4,6-7,9-10,16-18H,2,5,8,11-12H2,1H3. The third kappa shape index (κ3) is 2.99. The summed E-state index contributed by atoms with van der Waals surface area (Å²) in [6.07, 6.45) is 5.77. The first kappa shape index (κ1) is 13.9. The predicted molar refractivity (Wildman–Crippen MR) is 88.4 cm³/mol. The summed E-state index contributed by atoms with van der Waals surface area (Å²) in [4.78, 5) is 4.47. The van der Waals surface area contributed by atoms with Crippen LogP contribution in [0.4, 0.5) is 0 Å². The van der Waals surface area contributed by atoms with Crippen LogP contribution in [0, 0.1) is 0 Å². The molecule has 1 aromatic heterocycles. The van der Waals surface area contributed by atoms with Crippen LogP contribution in [-0.2, 0) is 6.42 Å². The lowest BCUT2D eigenvalue weighted by Gasteiger charge is -2.24. The van der Waals surface area contributed by atoms with Gasteiger partial charge in [-0.1, -0.05) is 25.1 Å². The molecule has 0 aliphatic carbocycles. The number of rotatable bonds is 5. The third-order valence-electron chi connectivity index (χ3n) is 4.06. The summed E-state index contributed by atoms with van der Waals surface area (Å²) in [5, 5.41) is 5.77. The van der Waals surface area contributed by atoms with Gasteiger partial charge < -0.3 is 5.32 Å². The predicted octanol–water partition coefficient (Wildman–Crippen LogP) is 3.65. The molecule has 1 N–H and O–H groups in total. The third-order valence-corrected chi connectivity index (χ3v) is 5.58. The second-order valence-electron chi connectivity index (χ2n) is 5.41. The van der Waals surface area contributed by atoms with E-state index < -0.39 is 0 Å². The van der Waals surface area contributed by atoms with Crippen molar-refractivity contribution in [1.82, 2.24) is 10.3 Å². The Morgan fingerprint density at radius 3 is 3.05 bits per heavy atom. The fraction of sp³-hybridized carbons (Fsp3) is 0.471. The molecule has 1 aliphatic heterocycles. The summed E-state index contributed by atoms with van der Waals surface area (Å²) in [5.74, 6) is 1.32. The van der Waals surface area contributed by atoms with Crippen molar-refractivity contribution in [2.75, 3.05) is 12.3 Å². The number of hydrogen-bond acceptors (Lipinski definition) is 3. The number of nitrogens with one attached hydrogen (secondary N) is 1. The molecule has 0 saturated carbocycles. The van der Waals surface area contributed by atoms with E-state index in [0.29, 0.717) is 6.04 Å². The fourth-order valence-corrected chi connectivity index (χ4v) is 4.48. The SMILES string of the molecule is CCNC(Cc1ccnc2ccccc12)C1CCCS1. The molecule has 0 amide bonds. The van der Waals surface area contributed by atoms with Gasteiger partial charge in [0.05, 0.1) is 5.52 Å². The van der Waals surface area contributed by atoms with Gasteiger partial charge >= 0.3 is 0 Å². The van der Waals surface area contributed by atoms with Crippen LogP contribution < -0.4 is 5.32 Å². The van der Waals surface area contributed by atoms with Crippen LogP contribution >= 0.6 is 11.8 Å². The first-order valence-electron chi connectivity index (χ1n) is 7.56. The van der Waals surface area contributed by atoms with Gasteiger partial charge in [-0.05, 0) is 49.3 Å². The number of pyridine rings is 1. The molecule has 2 atom stereocenters. The largest absolute Gasteiger partial charge is 0.313 e. The van der Waals surface area contributed by atoms with E-state index in [4.69, 9.17) is 0 Å². The lowest BCUT2D eigenvalue weighted by Crippen LogP contribution is -2.38. The zero-order valence-electron chi connectivity index (χ0n) is 12.0. The maximum atomic E-state index is 4.47. The van der Waals surface area contributed by atoms with E-state index in [-0.39, 0.29) is 0 Å². The van der Waals surface area contributed by atoms with Gasteiger partial charge in [0.1, 0.15) is 0 Å². The summed E-state index contributed by atoms with van der Waals surface area (Å²) in [7, 11) is 0. The quantitative estimate of drug-likeness (QED) is 0.908. The van der Waals surface area contributed by atoms with E-state index in [2.05, 4.69) is 59.3 Å². The number of thioether (sulfide) groups is 1. The van der Waals surface area contributed by atoms with Gasteiger partial charge in [-0.25, -0.2) is 0 Å². The molecular formula is C17H22N2S. The molecule has 1 saturated heterocycles. The molecular weight excluding hydrogens is 264 g/mol. The molecule has 0 spiro atoms. The second kappa shape index (κ2) is 6.59. The molecule has 0 radical (unpaired) electrons. The Morgan fingerprint density at radius 1 is 1.35 bits per heavy atom. The van der Waals surface area contributed by atoms with Crippen molar-refractivity contribution >= 4 is 22.7 Å². The van der Waals surface area contributed by atoms with Gasteiger partial charge in [-0.3, -0.25) is 4.98 Å². The van der Waals surface area contributed by atoms with E-state index in [1.54, 1.807) is 0 Å². The lowest BCUT2D eigenvalue weighted by atomic mass is 9.98. The van der Waals surface area contributed by atoms with E-state index >= 15 is 0 Å². The number of likely N-dealkylation sites (N-methyl/N-ethyl adjacent to an activating group) is 1. The van der Waals surface area contributed by atoms with Crippen LogP contribution in [0.1, 0.15) is 25.3 Å². The van der Waals surface area contributed by atoms with Gasteiger partial charge in [-0.2, -0.15) is 11.8 Å². The van der Waals surface area contributed by atoms with Gasteiger partial charge in [0.25, 0.3) is 0 Å². The minimum atomic E-state index is 0.582. The zero-order chi connectivity index (χ0) is 13.8. The van der Waals surface area contributed by atoms with E-state index in [1.807, 2.05) is 6.20 Å². The van der Waals surface area contributed by atoms with Crippen molar-refractivity contribution in [3.05, 3.63) is 42.1 Å². The van der Waals surface area contributed by atoms with Crippen molar-refractivity contribution in [3.8, 4) is 0 Å². The number of aromatic nitrogens is 1.